The van der Waals surface area contributed by atoms with Gasteiger partial charge in [-0.25, -0.2) is 8.78 Å². The summed E-state index contributed by atoms with van der Waals surface area (Å²) in [5.41, 5.74) is 1.20. The van der Waals surface area contributed by atoms with Gasteiger partial charge in [0, 0.05) is 49.3 Å². The number of nitrogens with one attached hydrogen (secondary N) is 2. The van der Waals surface area contributed by atoms with Gasteiger partial charge in [0.25, 0.3) is 11.8 Å². The number of halogens is 2. The van der Waals surface area contributed by atoms with Crippen molar-refractivity contribution in [2.75, 3.05) is 19.6 Å². The highest BCUT2D eigenvalue weighted by molar-refractivity contribution is 5.99. The maximum Gasteiger partial charge on any atom is 0.253 e. The van der Waals surface area contributed by atoms with Gasteiger partial charge < -0.3 is 15.5 Å². The Hall–Kier alpha value is -3.29. The topological polar surface area (TPSA) is 78.5 Å². The van der Waals surface area contributed by atoms with Crippen LogP contribution in [0, 0.1) is 17.6 Å². The Morgan fingerprint density at radius 2 is 1.59 bits per heavy atom. The minimum Gasteiger partial charge on any atom is -0.356 e. The Balaban J connectivity index is 1.65. The van der Waals surface area contributed by atoms with Crippen LogP contribution in [0.5, 0.6) is 0 Å². The lowest BCUT2D eigenvalue weighted by Gasteiger charge is -2.22. The number of rotatable bonds is 15. The van der Waals surface area contributed by atoms with Crippen molar-refractivity contribution in [3.63, 3.8) is 0 Å². The van der Waals surface area contributed by atoms with E-state index in [0.717, 1.165) is 31.7 Å². The van der Waals surface area contributed by atoms with E-state index in [-0.39, 0.29) is 24.1 Å². The molecule has 224 valence electrons. The number of benzene rings is 2. The molecule has 41 heavy (non-hydrogen) atoms. The molecule has 3 rings (SSSR count). The van der Waals surface area contributed by atoms with Crippen molar-refractivity contribution in [3.8, 4) is 0 Å². The van der Waals surface area contributed by atoms with Gasteiger partial charge in [-0.3, -0.25) is 14.4 Å². The van der Waals surface area contributed by atoms with Crippen LogP contribution in [0.25, 0.3) is 0 Å². The van der Waals surface area contributed by atoms with Gasteiger partial charge >= 0.3 is 0 Å². The average molecular weight is 570 g/mol. The SMILES string of the molecule is CCCN(CCC)C(=O)c1cccc(C(=O)N[C@H](CCCC(=O)NCC2CCCCC2)Cc2cc(F)cc(F)c2)c1. The number of hydrogen-bond donors (Lipinski definition) is 2. The van der Waals surface area contributed by atoms with E-state index in [2.05, 4.69) is 10.6 Å². The fraction of sp³-hybridized carbons (Fsp3) is 0.545. The van der Waals surface area contributed by atoms with Gasteiger partial charge in [0.1, 0.15) is 11.6 Å². The van der Waals surface area contributed by atoms with Crippen LogP contribution in [-0.4, -0.2) is 48.3 Å². The maximum absolute atomic E-state index is 13.9. The van der Waals surface area contributed by atoms with Crippen LogP contribution in [0.3, 0.4) is 0 Å². The number of nitrogens with zero attached hydrogens (tertiary/aromatic N) is 1. The van der Waals surface area contributed by atoms with Crippen molar-refractivity contribution in [3.05, 3.63) is 70.8 Å². The summed E-state index contributed by atoms with van der Waals surface area (Å²) in [5, 5.41) is 6.02. The number of carbonyl (C=O) groups is 3. The summed E-state index contributed by atoms with van der Waals surface area (Å²) >= 11 is 0. The minimum atomic E-state index is -0.679. The van der Waals surface area contributed by atoms with Crippen LogP contribution >= 0.6 is 0 Å². The molecule has 1 aliphatic carbocycles. The van der Waals surface area contributed by atoms with E-state index in [1.165, 1.54) is 31.4 Å². The molecule has 0 bridgehead atoms. The molecule has 0 unspecified atom stereocenters. The van der Waals surface area contributed by atoms with E-state index in [9.17, 15) is 23.2 Å². The molecule has 2 aromatic rings. The van der Waals surface area contributed by atoms with Crippen molar-refractivity contribution in [1.29, 1.82) is 0 Å². The lowest BCUT2D eigenvalue weighted by atomic mass is 9.89. The van der Waals surface area contributed by atoms with Crippen LogP contribution in [0.2, 0.25) is 0 Å². The second-order valence-electron chi connectivity index (χ2n) is 11.2. The first-order valence-corrected chi connectivity index (χ1v) is 15.2. The number of carbonyl (C=O) groups excluding carboxylic acids is 3. The highest BCUT2D eigenvalue weighted by Crippen LogP contribution is 2.23. The standard InChI is InChI=1S/C33H45F2N3O3/c1-3-16-38(17-4-2)33(41)27-13-8-12-26(21-27)32(40)37-30(20-25-18-28(34)22-29(35)19-25)14-9-15-31(39)36-23-24-10-6-5-7-11-24/h8,12-13,18-19,21-22,24,30H,3-7,9-11,14-17,20,23H2,1-2H3,(H,36,39)(H,37,40)/t30-/m1/s1. The lowest BCUT2D eigenvalue weighted by Crippen LogP contribution is -2.37. The summed E-state index contributed by atoms with van der Waals surface area (Å²) in [4.78, 5) is 40.6. The normalized spacial score (nSPS) is 14.3. The molecule has 3 amide bonds. The molecule has 2 N–H and O–H groups in total. The summed E-state index contributed by atoms with van der Waals surface area (Å²) in [6.07, 6.45) is 9.19. The van der Waals surface area contributed by atoms with Gasteiger partial charge in [-0.1, -0.05) is 39.2 Å². The Morgan fingerprint density at radius 3 is 2.24 bits per heavy atom. The molecule has 0 aromatic heterocycles. The quantitative estimate of drug-likeness (QED) is 0.259. The molecule has 1 fully saturated rings. The first-order chi connectivity index (χ1) is 19.8. The summed E-state index contributed by atoms with van der Waals surface area (Å²) in [6, 6.07) is 9.51. The van der Waals surface area contributed by atoms with Crippen LogP contribution < -0.4 is 10.6 Å². The Kier molecular flexibility index (Phi) is 13.2. The molecule has 1 atom stereocenters. The highest BCUT2D eigenvalue weighted by atomic mass is 19.1. The van der Waals surface area contributed by atoms with Gasteiger partial charge in [0.05, 0.1) is 0 Å². The fourth-order valence-electron chi connectivity index (χ4n) is 5.58. The third-order valence-corrected chi connectivity index (χ3v) is 7.65. The Labute approximate surface area is 243 Å². The number of hydrogen-bond acceptors (Lipinski definition) is 3. The zero-order valence-electron chi connectivity index (χ0n) is 24.5. The van der Waals surface area contributed by atoms with Gasteiger partial charge in [-0.2, -0.15) is 0 Å². The van der Waals surface area contributed by atoms with Crippen molar-refractivity contribution >= 4 is 17.7 Å². The molecule has 1 saturated carbocycles. The first-order valence-electron chi connectivity index (χ1n) is 15.2. The summed E-state index contributed by atoms with van der Waals surface area (Å²) in [5.74, 6) is -1.33. The van der Waals surface area contributed by atoms with Crippen molar-refractivity contribution in [2.24, 2.45) is 5.92 Å². The molecule has 0 heterocycles. The fourth-order valence-corrected chi connectivity index (χ4v) is 5.58. The van der Waals surface area contributed by atoms with E-state index in [4.69, 9.17) is 0 Å². The largest absolute Gasteiger partial charge is 0.356 e. The van der Waals surface area contributed by atoms with Gasteiger partial charge in [-0.15, -0.1) is 0 Å². The van der Waals surface area contributed by atoms with Crippen LogP contribution in [0.4, 0.5) is 8.78 Å². The molecule has 0 spiro atoms. The maximum atomic E-state index is 13.9. The van der Waals surface area contributed by atoms with Gasteiger partial charge in [0.15, 0.2) is 0 Å². The highest BCUT2D eigenvalue weighted by Gasteiger charge is 2.20. The van der Waals surface area contributed by atoms with Crippen LogP contribution in [0.1, 0.15) is 104 Å². The summed E-state index contributed by atoms with van der Waals surface area (Å²) in [7, 11) is 0. The third-order valence-electron chi connectivity index (χ3n) is 7.65. The second kappa shape index (κ2) is 16.8. The van der Waals surface area contributed by atoms with Crippen molar-refractivity contribution in [1.82, 2.24) is 15.5 Å². The van der Waals surface area contributed by atoms with Crippen LogP contribution in [0.15, 0.2) is 42.5 Å². The van der Waals surface area contributed by atoms with E-state index >= 15 is 0 Å². The molecule has 0 saturated heterocycles. The third kappa shape index (κ3) is 10.9. The average Bonchev–Trinajstić information content (AvgIpc) is 2.95. The minimum absolute atomic E-state index is 0.0209. The predicted octanol–water partition coefficient (Wildman–Crippen LogP) is 6.43. The Morgan fingerprint density at radius 1 is 0.927 bits per heavy atom. The van der Waals surface area contributed by atoms with Crippen molar-refractivity contribution in [2.45, 2.75) is 90.5 Å². The van der Waals surface area contributed by atoms with Gasteiger partial charge in [-0.05, 0) is 86.8 Å². The molecule has 0 radical (unpaired) electrons. The summed E-state index contributed by atoms with van der Waals surface area (Å²) in [6.45, 7) is 6.02. The molecule has 1 aliphatic rings. The lowest BCUT2D eigenvalue weighted by molar-refractivity contribution is -0.121. The van der Waals surface area contributed by atoms with Crippen LogP contribution in [-0.2, 0) is 11.2 Å². The molecule has 8 heteroatoms. The summed E-state index contributed by atoms with van der Waals surface area (Å²) < 4.78 is 27.8. The monoisotopic (exact) mass is 569 g/mol. The zero-order valence-corrected chi connectivity index (χ0v) is 24.5. The molecular weight excluding hydrogens is 524 g/mol. The molecule has 0 aliphatic heterocycles. The molecule has 6 nitrogen and oxygen atoms in total. The Bertz CT molecular complexity index is 1120. The van der Waals surface area contributed by atoms with E-state index < -0.39 is 17.7 Å². The smallest absolute Gasteiger partial charge is 0.253 e. The molecule has 2 aromatic carbocycles. The van der Waals surface area contributed by atoms with E-state index in [1.807, 2.05) is 13.8 Å². The zero-order chi connectivity index (χ0) is 29.6. The van der Waals surface area contributed by atoms with Crippen molar-refractivity contribution < 1.29 is 23.2 Å². The molecular formula is C33H45F2N3O3. The van der Waals surface area contributed by atoms with Gasteiger partial charge in [0.2, 0.25) is 5.91 Å². The second-order valence-corrected chi connectivity index (χ2v) is 11.2. The van der Waals surface area contributed by atoms with E-state index in [0.29, 0.717) is 61.5 Å². The first kappa shape index (κ1) is 32.2. The predicted molar refractivity (Wildman–Crippen MR) is 158 cm³/mol. The van der Waals surface area contributed by atoms with E-state index in [1.54, 1.807) is 29.2 Å². The number of amides is 3.